The van der Waals surface area contributed by atoms with Gasteiger partial charge in [0.1, 0.15) is 5.75 Å². The summed E-state index contributed by atoms with van der Waals surface area (Å²) in [6.07, 6.45) is 2.82. The summed E-state index contributed by atoms with van der Waals surface area (Å²) in [5.74, 6) is 0.375. The molecule has 5 heteroatoms. The van der Waals surface area contributed by atoms with Crippen LogP contribution in [0, 0.1) is 11.8 Å². The van der Waals surface area contributed by atoms with Gasteiger partial charge in [-0.2, -0.15) is 0 Å². The van der Waals surface area contributed by atoms with Crippen molar-refractivity contribution in [2.24, 2.45) is 11.8 Å². The van der Waals surface area contributed by atoms with Gasteiger partial charge in [-0.25, -0.2) is 0 Å². The van der Waals surface area contributed by atoms with Crippen molar-refractivity contribution < 1.29 is 14.3 Å². The Hall–Kier alpha value is -2.04. The molecule has 0 spiro atoms. The fourth-order valence-corrected chi connectivity index (χ4v) is 2.90. The predicted molar refractivity (Wildman–Crippen MR) is 79.0 cm³/mol. The second-order valence-electron chi connectivity index (χ2n) is 5.67. The lowest BCUT2D eigenvalue weighted by molar-refractivity contribution is -0.133. The number of nitrogens with zero attached hydrogens (tertiary/aromatic N) is 1. The second kappa shape index (κ2) is 5.76. The van der Waals surface area contributed by atoms with Gasteiger partial charge < -0.3 is 15.0 Å². The molecule has 1 aliphatic heterocycles. The Morgan fingerprint density at radius 3 is 2.62 bits per heavy atom. The van der Waals surface area contributed by atoms with Gasteiger partial charge in [0.05, 0.1) is 24.6 Å². The maximum absolute atomic E-state index is 12.2. The molecule has 2 amide bonds. The normalized spacial score (nSPS) is 23.8. The molecule has 2 aliphatic rings. The lowest BCUT2D eigenvalue weighted by Crippen LogP contribution is -2.30. The number of rotatable bonds is 4. The summed E-state index contributed by atoms with van der Waals surface area (Å²) in [5.41, 5.74) is 0.657. The van der Waals surface area contributed by atoms with Crippen LogP contribution in [-0.4, -0.2) is 36.9 Å². The van der Waals surface area contributed by atoms with Crippen molar-refractivity contribution in [1.82, 2.24) is 4.90 Å². The molecule has 0 radical (unpaired) electrons. The molecule has 1 aliphatic carbocycles. The molecule has 0 aromatic heterocycles. The number of carbonyl (C=O) groups is 2. The van der Waals surface area contributed by atoms with Gasteiger partial charge in [0.15, 0.2) is 0 Å². The summed E-state index contributed by atoms with van der Waals surface area (Å²) >= 11 is 0. The monoisotopic (exact) mass is 288 g/mol. The minimum Gasteiger partial charge on any atom is -0.495 e. The molecule has 2 fully saturated rings. The average Bonchev–Trinajstić information content (AvgIpc) is 3.12. The highest BCUT2D eigenvalue weighted by Crippen LogP contribution is 2.41. The number of benzene rings is 1. The van der Waals surface area contributed by atoms with Crippen LogP contribution >= 0.6 is 0 Å². The molecule has 2 unspecified atom stereocenters. The van der Waals surface area contributed by atoms with E-state index < -0.39 is 0 Å². The zero-order valence-electron chi connectivity index (χ0n) is 12.2. The quantitative estimate of drug-likeness (QED) is 0.920. The molecule has 1 heterocycles. The zero-order chi connectivity index (χ0) is 14.8. The molecule has 1 saturated heterocycles. The third kappa shape index (κ3) is 2.86. The summed E-state index contributed by atoms with van der Waals surface area (Å²) in [4.78, 5) is 26.3. The van der Waals surface area contributed by atoms with Crippen molar-refractivity contribution in [2.45, 2.75) is 19.3 Å². The van der Waals surface area contributed by atoms with Crippen LogP contribution in [0.5, 0.6) is 5.75 Å². The van der Waals surface area contributed by atoms with Gasteiger partial charge in [0.2, 0.25) is 11.8 Å². The molecular formula is C16H20N2O3. The maximum Gasteiger partial charge on any atom is 0.228 e. The molecule has 21 heavy (non-hydrogen) atoms. The molecule has 1 saturated carbocycles. The van der Waals surface area contributed by atoms with Crippen molar-refractivity contribution in [3.63, 3.8) is 0 Å². The van der Waals surface area contributed by atoms with Crippen molar-refractivity contribution in [2.75, 3.05) is 25.5 Å². The lowest BCUT2D eigenvalue weighted by Gasteiger charge is -2.15. The molecule has 1 aromatic carbocycles. The van der Waals surface area contributed by atoms with E-state index in [2.05, 4.69) is 5.32 Å². The third-order valence-corrected chi connectivity index (χ3v) is 4.23. The molecular weight excluding hydrogens is 268 g/mol. The standard InChI is InChI=1S/C16H20N2O3/c1-21-14-7-3-2-6-13(14)17-15(19)11-10-12(11)16(20)18-8-4-5-9-18/h2-3,6-7,11-12H,4-5,8-10H2,1H3,(H,17,19). The third-order valence-electron chi connectivity index (χ3n) is 4.23. The summed E-state index contributed by atoms with van der Waals surface area (Å²) in [6, 6.07) is 7.30. The van der Waals surface area contributed by atoms with Crippen molar-refractivity contribution >= 4 is 17.5 Å². The number of amides is 2. The van der Waals surface area contributed by atoms with Crippen molar-refractivity contribution in [3.8, 4) is 5.75 Å². The fraction of sp³-hybridized carbons (Fsp3) is 0.500. The van der Waals surface area contributed by atoms with Gasteiger partial charge in [-0.15, -0.1) is 0 Å². The topological polar surface area (TPSA) is 58.6 Å². The summed E-state index contributed by atoms with van der Waals surface area (Å²) in [7, 11) is 1.57. The molecule has 3 rings (SSSR count). The van der Waals surface area contributed by atoms with Crippen LogP contribution in [0.1, 0.15) is 19.3 Å². The highest BCUT2D eigenvalue weighted by Gasteiger charge is 2.49. The van der Waals surface area contributed by atoms with Gasteiger partial charge >= 0.3 is 0 Å². The Kier molecular flexibility index (Phi) is 3.82. The summed E-state index contributed by atoms with van der Waals surface area (Å²) in [5, 5.41) is 2.86. The number of hydrogen-bond donors (Lipinski definition) is 1. The van der Waals surface area contributed by atoms with E-state index >= 15 is 0 Å². The zero-order valence-corrected chi connectivity index (χ0v) is 12.2. The largest absolute Gasteiger partial charge is 0.495 e. The number of likely N-dealkylation sites (tertiary alicyclic amines) is 1. The maximum atomic E-state index is 12.2. The molecule has 112 valence electrons. The minimum atomic E-state index is -0.192. The number of nitrogens with one attached hydrogen (secondary N) is 1. The first-order chi connectivity index (χ1) is 10.2. The molecule has 1 N–H and O–H groups in total. The molecule has 5 nitrogen and oxygen atoms in total. The molecule has 1 aromatic rings. The van der Waals surface area contributed by atoms with Crippen LogP contribution < -0.4 is 10.1 Å². The average molecular weight is 288 g/mol. The van der Waals surface area contributed by atoms with Gasteiger partial charge in [0.25, 0.3) is 0 Å². The summed E-state index contributed by atoms with van der Waals surface area (Å²) in [6.45, 7) is 1.69. The first kappa shape index (κ1) is 13.9. The van der Waals surface area contributed by atoms with E-state index in [9.17, 15) is 9.59 Å². The number of hydrogen-bond acceptors (Lipinski definition) is 3. The predicted octanol–water partition coefficient (Wildman–Crippen LogP) is 1.89. The van der Waals surface area contributed by atoms with Gasteiger partial charge in [0, 0.05) is 13.1 Å². The van der Waals surface area contributed by atoms with E-state index in [0.29, 0.717) is 17.9 Å². The highest BCUT2D eigenvalue weighted by atomic mass is 16.5. The van der Waals surface area contributed by atoms with Crippen LogP contribution in [0.25, 0.3) is 0 Å². The van der Waals surface area contributed by atoms with Crippen LogP contribution in [0.15, 0.2) is 24.3 Å². The lowest BCUT2D eigenvalue weighted by atomic mass is 10.2. The number of para-hydroxylation sites is 2. The van der Waals surface area contributed by atoms with Gasteiger partial charge in [-0.3, -0.25) is 9.59 Å². The smallest absolute Gasteiger partial charge is 0.228 e. The van der Waals surface area contributed by atoms with E-state index in [-0.39, 0.29) is 23.7 Å². The second-order valence-corrected chi connectivity index (χ2v) is 5.67. The first-order valence-electron chi connectivity index (χ1n) is 7.43. The fourth-order valence-electron chi connectivity index (χ4n) is 2.90. The summed E-state index contributed by atoms with van der Waals surface area (Å²) < 4.78 is 5.21. The van der Waals surface area contributed by atoms with Crippen molar-refractivity contribution in [1.29, 1.82) is 0 Å². The number of carbonyl (C=O) groups excluding carboxylic acids is 2. The van der Waals surface area contributed by atoms with Gasteiger partial charge in [-0.05, 0) is 31.4 Å². The Morgan fingerprint density at radius 1 is 1.19 bits per heavy atom. The van der Waals surface area contributed by atoms with Crippen LogP contribution in [-0.2, 0) is 9.59 Å². The SMILES string of the molecule is COc1ccccc1NC(=O)C1CC1C(=O)N1CCCC1. The Bertz CT molecular complexity index is 552. The van der Waals surface area contributed by atoms with E-state index in [4.69, 9.17) is 4.74 Å². The highest BCUT2D eigenvalue weighted by molar-refractivity contribution is 6.00. The van der Waals surface area contributed by atoms with E-state index in [1.807, 2.05) is 17.0 Å². The molecule has 2 atom stereocenters. The number of ether oxygens (including phenoxy) is 1. The Morgan fingerprint density at radius 2 is 1.90 bits per heavy atom. The van der Waals surface area contributed by atoms with E-state index in [0.717, 1.165) is 25.9 Å². The molecule has 0 bridgehead atoms. The van der Waals surface area contributed by atoms with Gasteiger partial charge in [-0.1, -0.05) is 12.1 Å². The first-order valence-corrected chi connectivity index (χ1v) is 7.43. The number of anilines is 1. The van der Waals surface area contributed by atoms with Crippen LogP contribution in [0.2, 0.25) is 0 Å². The number of methoxy groups -OCH3 is 1. The Balaban J connectivity index is 1.59. The van der Waals surface area contributed by atoms with Crippen molar-refractivity contribution in [3.05, 3.63) is 24.3 Å². The van der Waals surface area contributed by atoms with Crippen LogP contribution in [0.3, 0.4) is 0 Å². The van der Waals surface area contributed by atoms with E-state index in [1.54, 1.807) is 19.2 Å². The minimum absolute atomic E-state index is 0.0861. The van der Waals surface area contributed by atoms with Crippen LogP contribution in [0.4, 0.5) is 5.69 Å². The Labute approximate surface area is 124 Å². The van der Waals surface area contributed by atoms with E-state index in [1.165, 1.54) is 0 Å².